The van der Waals surface area contributed by atoms with Crippen molar-refractivity contribution in [2.24, 2.45) is 0 Å². The molecule has 0 aliphatic carbocycles. The first-order chi connectivity index (χ1) is 7.14. The first-order valence-electron chi connectivity index (χ1n) is 5.10. The van der Waals surface area contributed by atoms with Crippen molar-refractivity contribution in [1.82, 2.24) is 4.72 Å². The average Bonchev–Trinajstić information content (AvgIpc) is 2.64. The highest BCUT2D eigenvalue weighted by atomic mass is 32.2. The van der Waals surface area contributed by atoms with E-state index in [-0.39, 0.29) is 11.9 Å². The molecule has 1 heterocycles. The monoisotopic (exact) mass is 232 g/mol. The summed E-state index contributed by atoms with van der Waals surface area (Å²) >= 11 is 0. The molecule has 1 atom stereocenters. The molecule has 0 bridgehead atoms. The van der Waals surface area contributed by atoms with E-state index in [9.17, 15) is 8.42 Å². The Bertz CT molecular complexity index is 315. The highest BCUT2D eigenvalue weighted by molar-refractivity contribution is 7.89. The smallest absolute Gasteiger partial charge is 0.214 e. The highest BCUT2D eigenvalue weighted by Crippen LogP contribution is 2.13. The van der Waals surface area contributed by atoms with Gasteiger partial charge in [0.2, 0.25) is 10.0 Å². The van der Waals surface area contributed by atoms with Gasteiger partial charge < -0.3 is 4.74 Å². The molecule has 1 rings (SSSR count). The Hall–Kier alpha value is -0.640. The second kappa shape index (κ2) is 6.05. The van der Waals surface area contributed by atoms with Gasteiger partial charge in [0.25, 0.3) is 0 Å². The molecule has 0 amide bonds. The molecule has 0 aromatic rings. The van der Waals surface area contributed by atoms with Gasteiger partial charge in [-0.3, -0.25) is 0 Å². The molecular formula is C9H16N2O3S. The summed E-state index contributed by atoms with van der Waals surface area (Å²) in [7, 11) is -3.23. The van der Waals surface area contributed by atoms with Crippen LogP contribution in [0, 0.1) is 11.3 Å². The van der Waals surface area contributed by atoms with E-state index < -0.39 is 10.0 Å². The standard InChI is InChI=1S/C9H16N2O3S/c10-5-1-2-6-11-15(12,13)8-9-4-3-7-14-9/h9,11H,1-4,6-8H2. The molecule has 1 unspecified atom stereocenters. The lowest BCUT2D eigenvalue weighted by atomic mass is 10.3. The van der Waals surface area contributed by atoms with Crippen LogP contribution < -0.4 is 4.72 Å². The van der Waals surface area contributed by atoms with Crippen molar-refractivity contribution in [3.8, 4) is 6.07 Å². The van der Waals surface area contributed by atoms with Crippen molar-refractivity contribution >= 4 is 10.0 Å². The van der Waals surface area contributed by atoms with Gasteiger partial charge >= 0.3 is 0 Å². The second-order valence-electron chi connectivity index (χ2n) is 3.57. The van der Waals surface area contributed by atoms with Gasteiger partial charge in [0.05, 0.1) is 17.9 Å². The lowest BCUT2D eigenvalue weighted by Gasteiger charge is -2.10. The number of hydrogen-bond acceptors (Lipinski definition) is 4. The summed E-state index contributed by atoms with van der Waals surface area (Å²) in [4.78, 5) is 0. The minimum absolute atomic E-state index is 0.0412. The van der Waals surface area contributed by atoms with Gasteiger partial charge in [0.1, 0.15) is 0 Å². The van der Waals surface area contributed by atoms with E-state index in [1.807, 2.05) is 6.07 Å². The first-order valence-corrected chi connectivity index (χ1v) is 6.75. The molecular weight excluding hydrogens is 216 g/mol. The molecule has 0 aromatic carbocycles. The molecule has 1 N–H and O–H groups in total. The number of ether oxygens (including phenoxy) is 1. The number of unbranched alkanes of at least 4 members (excludes halogenated alkanes) is 1. The Morgan fingerprint density at radius 2 is 2.33 bits per heavy atom. The highest BCUT2D eigenvalue weighted by Gasteiger charge is 2.22. The summed E-state index contributed by atoms with van der Waals surface area (Å²) in [6.07, 6.45) is 2.54. The molecule has 0 radical (unpaired) electrons. The second-order valence-corrected chi connectivity index (χ2v) is 5.42. The average molecular weight is 232 g/mol. The van der Waals surface area contributed by atoms with Gasteiger partial charge in [0.15, 0.2) is 0 Å². The maximum absolute atomic E-state index is 11.5. The zero-order chi connectivity index (χ0) is 11.1. The van der Waals surface area contributed by atoms with Gasteiger partial charge in [-0.15, -0.1) is 0 Å². The van der Waals surface area contributed by atoms with Gasteiger partial charge in [-0.1, -0.05) is 0 Å². The van der Waals surface area contributed by atoms with Crippen molar-refractivity contribution in [2.75, 3.05) is 18.9 Å². The molecule has 0 saturated carbocycles. The van der Waals surface area contributed by atoms with Crippen molar-refractivity contribution in [2.45, 2.75) is 31.8 Å². The van der Waals surface area contributed by atoms with Crippen molar-refractivity contribution in [3.05, 3.63) is 0 Å². The topological polar surface area (TPSA) is 79.2 Å². The van der Waals surface area contributed by atoms with Gasteiger partial charge in [-0.05, 0) is 19.3 Å². The normalized spacial score (nSPS) is 21.4. The predicted octanol–water partition coefficient (Wildman–Crippen LogP) is 0.389. The van der Waals surface area contributed by atoms with Crippen LogP contribution in [-0.2, 0) is 14.8 Å². The number of rotatable bonds is 6. The van der Waals surface area contributed by atoms with Crippen LogP contribution in [0.1, 0.15) is 25.7 Å². The summed E-state index contributed by atoms with van der Waals surface area (Å²) in [5, 5.41) is 8.28. The third-order valence-electron chi connectivity index (χ3n) is 2.22. The van der Waals surface area contributed by atoms with E-state index in [1.165, 1.54) is 0 Å². The minimum atomic E-state index is -3.23. The van der Waals surface area contributed by atoms with Gasteiger partial charge in [0, 0.05) is 19.6 Å². The Balaban J connectivity index is 2.22. The Morgan fingerprint density at radius 3 is 2.93 bits per heavy atom. The summed E-state index contributed by atoms with van der Waals surface area (Å²) in [5.41, 5.74) is 0. The number of sulfonamides is 1. The molecule has 86 valence electrons. The van der Waals surface area contributed by atoms with Crippen LogP contribution in [0.15, 0.2) is 0 Å². The van der Waals surface area contributed by atoms with Crippen LogP contribution in [-0.4, -0.2) is 33.4 Å². The third kappa shape index (κ3) is 5.11. The fourth-order valence-electron chi connectivity index (χ4n) is 1.47. The Kier molecular flexibility index (Phi) is 5.02. The molecule has 0 spiro atoms. The fourth-order valence-corrected chi connectivity index (χ4v) is 2.80. The maximum atomic E-state index is 11.5. The summed E-state index contributed by atoms with van der Waals surface area (Å²) in [6.45, 7) is 0.997. The number of nitrogens with one attached hydrogen (secondary N) is 1. The first kappa shape index (κ1) is 12.4. The van der Waals surface area contributed by atoms with E-state index >= 15 is 0 Å². The molecule has 5 nitrogen and oxygen atoms in total. The molecule has 1 fully saturated rings. The van der Waals surface area contributed by atoms with E-state index in [0.717, 1.165) is 12.8 Å². The van der Waals surface area contributed by atoms with Crippen molar-refractivity contribution < 1.29 is 13.2 Å². The van der Waals surface area contributed by atoms with Gasteiger partial charge in [-0.2, -0.15) is 5.26 Å². The largest absolute Gasteiger partial charge is 0.377 e. The lowest BCUT2D eigenvalue weighted by molar-refractivity contribution is 0.127. The molecule has 1 saturated heterocycles. The molecule has 0 aromatic heterocycles. The molecule has 1 aliphatic rings. The summed E-state index contributed by atoms with van der Waals surface area (Å²) in [5.74, 6) is 0.0412. The summed E-state index contributed by atoms with van der Waals surface area (Å²) < 4.78 is 30.7. The quantitative estimate of drug-likeness (QED) is 0.672. The minimum Gasteiger partial charge on any atom is -0.377 e. The molecule has 15 heavy (non-hydrogen) atoms. The Morgan fingerprint density at radius 1 is 1.53 bits per heavy atom. The van der Waals surface area contributed by atoms with Crippen LogP contribution in [0.5, 0.6) is 0 Å². The zero-order valence-corrected chi connectivity index (χ0v) is 9.42. The van der Waals surface area contributed by atoms with E-state index in [0.29, 0.717) is 26.0 Å². The number of hydrogen-bond donors (Lipinski definition) is 1. The Labute approximate surface area is 90.5 Å². The van der Waals surface area contributed by atoms with Gasteiger partial charge in [-0.25, -0.2) is 13.1 Å². The van der Waals surface area contributed by atoms with E-state index in [1.54, 1.807) is 0 Å². The fraction of sp³-hybridized carbons (Fsp3) is 0.889. The van der Waals surface area contributed by atoms with Crippen LogP contribution in [0.2, 0.25) is 0 Å². The maximum Gasteiger partial charge on any atom is 0.214 e. The predicted molar refractivity (Wildman–Crippen MR) is 55.6 cm³/mol. The SMILES string of the molecule is N#CCCCNS(=O)(=O)CC1CCCO1. The van der Waals surface area contributed by atoms with Crippen LogP contribution in [0.25, 0.3) is 0 Å². The van der Waals surface area contributed by atoms with Crippen molar-refractivity contribution in [1.29, 1.82) is 5.26 Å². The van der Waals surface area contributed by atoms with Crippen LogP contribution >= 0.6 is 0 Å². The van der Waals surface area contributed by atoms with Crippen LogP contribution in [0.4, 0.5) is 0 Å². The number of nitriles is 1. The number of nitrogens with zero attached hydrogens (tertiary/aromatic N) is 1. The third-order valence-corrected chi connectivity index (χ3v) is 3.67. The van der Waals surface area contributed by atoms with E-state index in [4.69, 9.17) is 10.00 Å². The molecule has 1 aliphatic heterocycles. The zero-order valence-electron chi connectivity index (χ0n) is 8.61. The lowest BCUT2D eigenvalue weighted by Crippen LogP contribution is -2.32. The van der Waals surface area contributed by atoms with Crippen LogP contribution in [0.3, 0.4) is 0 Å². The van der Waals surface area contributed by atoms with E-state index in [2.05, 4.69) is 4.72 Å². The van der Waals surface area contributed by atoms with Crippen molar-refractivity contribution in [3.63, 3.8) is 0 Å². The molecule has 6 heteroatoms. The summed E-state index contributed by atoms with van der Waals surface area (Å²) in [6, 6.07) is 1.97.